The normalized spacial score (nSPS) is 11.5. The highest BCUT2D eigenvalue weighted by atomic mass is 32.2. The lowest BCUT2D eigenvalue weighted by atomic mass is 10.3. The highest BCUT2D eigenvalue weighted by Crippen LogP contribution is 2.19. The second kappa shape index (κ2) is 6.55. The van der Waals surface area contributed by atoms with Crippen LogP contribution >= 0.6 is 11.8 Å². The van der Waals surface area contributed by atoms with E-state index in [1.807, 2.05) is 13.0 Å². The number of hydrogen-bond donors (Lipinski definition) is 0. The third-order valence-electron chi connectivity index (χ3n) is 1.30. The minimum atomic E-state index is -0.525. The molecule has 0 unspecified atom stereocenters. The number of carbonyl (C=O) groups excluding carboxylic acids is 1. The number of hydrogen-bond acceptors (Lipinski definition) is 4. The third kappa shape index (κ3) is 4.00. The van der Waals surface area contributed by atoms with Crippen LogP contribution in [0.3, 0.4) is 0 Å². The third-order valence-corrected chi connectivity index (χ3v) is 2.23. The zero-order valence-corrected chi connectivity index (χ0v) is 8.90. The lowest BCUT2D eigenvalue weighted by Gasteiger charge is -2.02. The zero-order chi connectivity index (χ0) is 10.3. The molecule has 0 aromatic heterocycles. The summed E-state index contributed by atoms with van der Waals surface area (Å²) in [5.74, 6) is 0.319. The predicted molar refractivity (Wildman–Crippen MR) is 53.1 cm³/mol. The Bertz CT molecular complexity index is 253. The van der Waals surface area contributed by atoms with E-state index in [-0.39, 0.29) is 5.57 Å². The van der Waals surface area contributed by atoms with Gasteiger partial charge < -0.3 is 4.74 Å². The van der Waals surface area contributed by atoms with Crippen molar-refractivity contribution in [1.82, 2.24) is 0 Å². The summed E-state index contributed by atoms with van der Waals surface area (Å²) in [6.45, 7) is 5.74. The SMILES string of the molecule is CCOC(=O)/C(C#N)=C(\C)SCC. The molecule has 0 bridgehead atoms. The van der Waals surface area contributed by atoms with Gasteiger partial charge in [0.2, 0.25) is 0 Å². The smallest absolute Gasteiger partial charge is 0.349 e. The monoisotopic (exact) mass is 199 g/mol. The van der Waals surface area contributed by atoms with E-state index in [1.54, 1.807) is 13.8 Å². The minimum absolute atomic E-state index is 0.119. The lowest BCUT2D eigenvalue weighted by molar-refractivity contribution is -0.138. The summed E-state index contributed by atoms with van der Waals surface area (Å²) in [6, 6.07) is 1.86. The van der Waals surface area contributed by atoms with Crippen molar-refractivity contribution in [3.05, 3.63) is 10.5 Å². The Balaban J connectivity index is 4.59. The summed E-state index contributed by atoms with van der Waals surface area (Å²) in [4.78, 5) is 11.9. The van der Waals surface area contributed by atoms with Gasteiger partial charge in [-0.15, -0.1) is 11.8 Å². The van der Waals surface area contributed by atoms with E-state index >= 15 is 0 Å². The molecule has 0 atom stereocenters. The summed E-state index contributed by atoms with van der Waals surface area (Å²) >= 11 is 1.47. The Morgan fingerprint density at radius 3 is 2.54 bits per heavy atom. The first-order valence-electron chi connectivity index (χ1n) is 4.08. The molecule has 3 nitrogen and oxygen atoms in total. The number of rotatable bonds is 4. The van der Waals surface area contributed by atoms with E-state index in [4.69, 9.17) is 10.00 Å². The Labute approximate surface area is 82.8 Å². The number of allylic oxidation sites excluding steroid dienone is 1. The zero-order valence-electron chi connectivity index (χ0n) is 8.09. The van der Waals surface area contributed by atoms with Crippen LogP contribution in [0, 0.1) is 11.3 Å². The van der Waals surface area contributed by atoms with Crippen LogP contribution in [0.1, 0.15) is 20.8 Å². The van der Waals surface area contributed by atoms with Crippen LogP contribution in [0.15, 0.2) is 10.5 Å². The number of ether oxygens (including phenoxy) is 1. The standard InChI is InChI=1S/C9H13NO2S/c1-4-12-9(11)8(6-10)7(3)13-5-2/h4-5H2,1-3H3/b8-7+. The van der Waals surface area contributed by atoms with E-state index in [0.717, 1.165) is 10.7 Å². The van der Waals surface area contributed by atoms with E-state index < -0.39 is 5.97 Å². The van der Waals surface area contributed by atoms with Crippen molar-refractivity contribution < 1.29 is 9.53 Å². The first-order chi connectivity index (χ1) is 6.17. The molecule has 0 aromatic rings. The molecule has 0 heterocycles. The number of nitriles is 1. The van der Waals surface area contributed by atoms with Crippen molar-refractivity contribution in [3.63, 3.8) is 0 Å². The average molecular weight is 199 g/mol. The van der Waals surface area contributed by atoms with E-state index in [9.17, 15) is 4.79 Å². The van der Waals surface area contributed by atoms with Gasteiger partial charge in [0.15, 0.2) is 0 Å². The fraction of sp³-hybridized carbons (Fsp3) is 0.556. The molecule has 0 aromatic carbocycles. The summed E-state index contributed by atoms with van der Waals surface area (Å²) < 4.78 is 4.73. The van der Waals surface area contributed by atoms with Gasteiger partial charge >= 0.3 is 5.97 Å². The first kappa shape index (κ1) is 12.0. The number of nitrogens with zero attached hydrogens (tertiary/aromatic N) is 1. The predicted octanol–water partition coefficient (Wildman–Crippen LogP) is 2.10. The molecule has 0 aliphatic carbocycles. The molecule has 0 saturated carbocycles. The molecular weight excluding hydrogens is 186 g/mol. The Morgan fingerprint density at radius 2 is 2.15 bits per heavy atom. The van der Waals surface area contributed by atoms with Gasteiger partial charge in [-0.25, -0.2) is 4.79 Å². The molecule has 0 amide bonds. The van der Waals surface area contributed by atoms with Crippen molar-refractivity contribution in [3.8, 4) is 6.07 Å². The van der Waals surface area contributed by atoms with Gasteiger partial charge in [-0.1, -0.05) is 6.92 Å². The quantitative estimate of drug-likeness (QED) is 0.395. The summed E-state index contributed by atoms with van der Waals surface area (Å²) in [5, 5.41) is 8.70. The van der Waals surface area contributed by atoms with Gasteiger partial charge in [-0.2, -0.15) is 5.26 Å². The molecule has 0 radical (unpaired) electrons. The maximum Gasteiger partial charge on any atom is 0.349 e. The number of carbonyl (C=O) groups is 1. The van der Waals surface area contributed by atoms with Crippen molar-refractivity contribution in [2.45, 2.75) is 20.8 Å². The molecule has 4 heteroatoms. The van der Waals surface area contributed by atoms with E-state index in [0.29, 0.717) is 6.61 Å². The van der Waals surface area contributed by atoms with E-state index in [2.05, 4.69) is 0 Å². The van der Waals surface area contributed by atoms with Crippen molar-refractivity contribution in [2.24, 2.45) is 0 Å². The van der Waals surface area contributed by atoms with Crippen LogP contribution in [0.25, 0.3) is 0 Å². The second-order valence-corrected chi connectivity index (χ2v) is 3.67. The van der Waals surface area contributed by atoms with Crippen LogP contribution in [-0.4, -0.2) is 18.3 Å². The minimum Gasteiger partial charge on any atom is -0.462 e. The molecule has 0 aliphatic heterocycles. The molecular formula is C9H13NO2S. The highest BCUT2D eigenvalue weighted by Gasteiger charge is 2.13. The van der Waals surface area contributed by atoms with Crippen molar-refractivity contribution >= 4 is 17.7 Å². The molecule has 0 rings (SSSR count). The highest BCUT2D eigenvalue weighted by molar-refractivity contribution is 8.03. The van der Waals surface area contributed by atoms with Crippen molar-refractivity contribution in [2.75, 3.05) is 12.4 Å². The lowest BCUT2D eigenvalue weighted by Crippen LogP contribution is -2.07. The average Bonchev–Trinajstić information content (AvgIpc) is 2.06. The second-order valence-electron chi connectivity index (χ2n) is 2.20. The molecule has 0 spiro atoms. The van der Waals surface area contributed by atoms with Crippen LogP contribution in [0.4, 0.5) is 0 Å². The van der Waals surface area contributed by atoms with Gasteiger partial charge in [-0.3, -0.25) is 0 Å². The molecule has 0 fully saturated rings. The first-order valence-corrected chi connectivity index (χ1v) is 5.06. The Kier molecular flexibility index (Phi) is 6.07. The molecule has 72 valence electrons. The van der Waals surface area contributed by atoms with Gasteiger partial charge in [0.25, 0.3) is 0 Å². The largest absolute Gasteiger partial charge is 0.462 e. The van der Waals surface area contributed by atoms with Crippen LogP contribution in [0.5, 0.6) is 0 Å². The maximum absolute atomic E-state index is 11.2. The summed E-state index contributed by atoms with van der Waals surface area (Å²) in [5.41, 5.74) is 0.119. The maximum atomic E-state index is 11.2. The fourth-order valence-electron chi connectivity index (χ4n) is 0.760. The Morgan fingerprint density at radius 1 is 1.54 bits per heavy atom. The van der Waals surface area contributed by atoms with Crippen molar-refractivity contribution in [1.29, 1.82) is 5.26 Å². The summed E-state index contributed by atoms with van der Waals surface area (Å²) in [7, 11) is 0. The van der Waals surface area contributed by atoms with Crippen LogP contribution in [-0.2, 0) is 9.53 Å². The van der Waals surface area contributed by atoms with Gasteiger partial charge in [0.1, 0.15) is 11.6 Å². The van der Waals surface area contributed by atoms with Gasteiger partial charge in [-0.05, 0) is 19.6 Å². The molecule has 0 N–H and O–H groups in total. The molecule has 0 saturated heterocycles. The van der Waals surface area contributed by atoms with Crippen LogP contribution in [0.2, 0.25) is 0 Å². The van der Waals surface area contributed by atoms with E-state index in [1.165, 1.54) is 11.8 Å². The topological polar surface area (TPSA) is 50.1 Å². The fourth-order valence-corrected chi connectivity index (χ4v) is 1.47. The van der Waals surface area contributed by atoms with Crippen LogP contribution < -0.4 is 0 Å². The Hall–Kier alpha value is -0.950. The molecule has 13 heavy (non-hydrogen) atoms. The summed E-state index contributed by atoms with van der Waals surface area (Å²) in [6.07, 6.45) is 0. The number of esters is 1. The molecule has 0 aliphatic rings. The number of thioether (sulfide) groups is 1. The van der Waals surface area contributed by atoms with Gasteiger partial charge in [0.05, 0.1) is 6.61 Å². The van der Waals surface area contributed by atoms with Gasteiger partial charge in [0, 0.05) is 4.91 Å².